The van der Waals surface area contributed by atoms with Gasteiger partial charge in [0.05, 0.1) is 11.4 Å². The molecule has 3 nitrogen and oxygen atoms in total. The molecule has 0 saturated heterocycles. The molecule has 0 bridgehead atoms. The summed E-state index contributed by atoms with van der Waals surface area (Å²) in [6.07, 6.45) is 1.01. The van der Waals surface area contributed by atoms with Gasteiger partial charge in [0.25, 0.3) is 0 Å². The van der Waals surface area contributed by atoms with Crippen molar-refractivity contribution in [3.63, 3.8) is 0 Å². The zero-order chi connectivity index (χ0) is 17.5. The fourth-order valence-corrected chi connectivity index (χ4v) is 3.28. The number of nitrogens with one attached hydrogen (secondary N) is 1. The van der Waals surface area contributed by atoms with Gasteiger partial charge in [0.15, 0.2) is 0 Å². The first-order chi connectivity index (χ1) is 11.3. The van der Waals surface area contributed by atoms with Crippen molar-refractivity contribution in [2.45, 2.75) is 41.0 Å². The zero-order valence-electron chi connectivity index (χ0n) is 15.2. The number of fused-ring (bicyclic) bond motifs is 1. The molecule has 1 amide bonds. The average Bonchev–Trinajstić information content (AvgIpc) is 2.96. The molecule has 3 heteroatoms. The van der Waals surface area contributed by atoms with Crippen molar-refractivity contribution in [1.29, 1.82) is 0 Å². The number of nitrogens with zero attached hydrogens (tertiary/aromatic N) is 1. The van der Waals surface area contributed by atoms with Crippen molar-refractivity contribution in [1.82, 2.24) is 0 Å². The Labute approximate surface area is 144 Å². The van der Waals surface area contributed by atoms with Gasteiger partial charge in [0.1, 0.15) is 0 Å². The normalized spacial score (nSPS) is 13.8. The molecule has 0 unspecified atom stereocenters. The Hall–Kier alpha value is -2.29. The quantitative estimate of drug-likeness (QED) is 0.845. The Morgan fingerprint density at radius 2 is 1.75 bits per heavy atom. The summed E-state index contributed by atoms with van der Waals surface area (Å²) >= 11 is 0. The topological polar surface area (TPSA) is 32.3 Å². The van der Waals surface area contributed by atoms with Crippen LogP contribution < -0.4 is 10.2 Å². The molecule has 2 aromatic carbocycles. The Kier molecular flexibility index (Phi) is 4.12. The number of para-hydroxylation sites is 1. The lowest BCUT2D eigenvalue weighted by molar-refractivity contribution is -0.123. The van der Waals surface area contributed by atoms with Gasteiger partial charge < -0.3 is 10.2 Å². The molecule has 2 aromatic rings. The predicted octanol–water partition coefficient (Wildman–Crippen LogP) is 4.98. The number of benzene rings is 2. The van der Waals surface area contributed by atoms with E-state index in [2.05, 4.69) is 54.4 Å². The maximum Gasteiger partial charge on any atom is 0.229 e. The molecule has 24 heavy (non-hydrogen) atoms. The van der Waals surface area contributed by atoms with Crippen molar-refractivity contribution in [3.8, 4) is 0 Å². The Bertz CT molecular complexity index is 773. The number of hydrogen-bond donors (Lipinski definition) is 1. The molecular formula is C21H26N2O. The maximum absolute atomic E-state index is 12.6. The van der Waals surface area contributed by atoms with Crippen LogP contribution in [-0.2, 0) is 11.2 Å². The highest BCUT2D eigenvalue weighted by Gasteiger charge is 2.29. The summed E-state index contributed by atoms with van der Waals surface area (Å²) in [7, 11) is 0. The van der Waals surface area contributed by atoms with Crippen LogP contribution in [0.5, 0.6) is 0 Å². The lowest BCUT2D eigenvalue weighted by Gasteiger charge is -2.26. The molecular weight excluding hydrogens is 296 g/mol. The van der Waals surface area contributed by atoms with E-state index in [0.29, 0.717) is 0 Å². The van der Waals surface area contributed by atoms with E-state index in [1.165, 1.54) is 16.8 Å². The third-order valence-electron chi connectivity index (χ3n) is 4.67. The van der Waals surface area contributed by atoms with E-state index in [4.69, 9.17) is 0 Å². The van der Waals surface area contributed by atoms with Gasteiger partial charge in [-0.2, -0.15) is 0 Å². The predicted molar refractivity (Wildman–Crippen MR) is 101 cm³/mol. The average molecular weight is 322 g/mol. The molecule has 0 fully saturated rings. The van der Waals surface area contributed by atoms with E-state index < -0.39 is 5.41 Å². The molecule has 1 aliphatic rings. The van der Waals surface area contributed by atoms with Gasteiger partial charge in [0.2, 0.25) is 5.91 Å². The molecule has 0 saturated carbocycles. The van der Waals surface area contributed by atoms with Crippen molar-refractivity contribution < 1.29 is 4.79 Å². The van der Waals surface area contributed by atoms with Crippen molar-refractivity contribution in [3.05, 3.63) is 53.1 Å². The van der Waals surface area contributed by atoms with Crippen molar-refractivity contribution in [2.24, 2.45) is 5.41 Å². The first kappa shape index (κ1) is 16.6. The van der Waals surface area contributed by atoms with Crippen LogP contribution in [0.15, 0.2) is 36.4 Å². The fraction of sp³-hybridized carbons (Fsp3) is 0.381. The smallest absolute Gasteiger partial charge is 0.229 e. The molecule has 1 aliphatic heterocycles. The lowest BCUT2D eigenvalue weighted by atomic mass is 9.94. The molecule has 0 aromatic heterocycles. The minimum Gasteiger partial charge on any atom is -0.339 e. The van der Waals surface area contributed by atoms with Crippen LogP contribution in [0.3, 0.4) is 0 Å². The van der Waals surface area contributed by atoms with Crippen LogP contribution in [0.1, 0.15) is 37.5 Å². The molecule has 1 heterocycles. The van der Waals surface area contributed by atoms with Crippen LogP contribution in [0.25, 0.3) is 0 Å². The molecule has 0 atom stereocenters. The van der Waals surface area contributed by atoms with Gasteiger partial charge in [-0.3, -0.25) is 4.79 Å². The number of carbonyl (C=O) groups is 1. The first-order valence-corrected chi connectivity index (χ1v) is 8.56. The van der Waals surface area contributed by atoms with E-state index in [0.717, 1.165) is 29.9 Å². The summed E-state index contributed by atoms with van der Waals surface area (Å²) in [6, 6.07) is 12.6. The number of amides is 1. The second-order valence-electron chi connectivity index (χ2n) is 7.65. The largest absolute Gasteiger partial charge is 0.339 e. The van der Waals surface area contributed by atoms with E-state index in [-0.39, 0.29) is 5.91 Å². The van der Waals surface area contributed by atoms with Crippen LogP contribution in [0.2, 0.25) is 0 Å². The Morgan fingerprint density at radius 1 is 1.08 bits per heavy atom. The molecule has 0 aliphatic carbocycles. The molecule has 0 spiro atoms. The summed E-state index contributed by atoms with van der Waals surface area (Å²) in [5.41, 5.74) is 6.64. The van der Waals surface area contributed by atoms with Crippen LogP contribution >= 0.6 is 0 Å². The summed E-state index contributed by atoms with van der Waals surface area (Å²) in [6.45, 7) is 11.0. The SMILES string of the molecule is Cc1cc(C)c(NC(=O)C(C)(C)C)c2c1CCN2c1ccccc1. The zero-order valence-corrected chi connectivity index (χ0v) is 15.2. The van der Waals surface area contributed by atoms with Crippen LogP contribution in [0.4, 0.5) is 17.1 Å². The summed E-state index contributed by atoms with van der Waals surface area (Å²) in [5.74, 6) is 0.0524. The monoisotopic (exact) mass is 322 g/mol. The summed E-state index contributed by atoms with van der Waals surface area (Å²) < 4.78 is 0. The number of hydrogen-bond acceptors (Lipinski definition) is 2. The second-order valence-corrected chi connectivity index (χ2v) is 7.65. The van der Waals surface area contributed by atoms with E-state index in [1.54, 1.807) is 0 Å². The van der Waals surface area contributed by atoms with Crippen LogP contribution in [0, 0.1) is 19.3 Å². The van der Waals surface area contributed by atoms with Gasteiger partial charge in [-0.1, -0.05) is 45.0 Å². The number of carbonyl (C=O) groups excluding carboxylic acids is 1. The van der Waals surface area contributed by atoms with Crippen LogP contribution in [-0.4, -0.2) is 12.5 Å². The molecule has 3 rings (SSSR count). The highest BCUT2D eigenvalue weighted by atomic mass is 16.2. The fourth-order valence-electron chi connectivity index (χ4n) is 3.28. The molecule has 0 radical (unpaired) electrons. The Morgan fingerprint density at radius 3 is 2.38 bits per heavy atom. The number of rotatable bonds is 2. The number of anilines is 3. The third kappa shape index (κ3) is 2.91. The van der Waals surface area contributed by atoms with Gasteiger partial charge in [-0.15, -0.1) is 0 Å². The summed E-state index contributed by atoms with van der Waals surface area (Å²) in [5, 5.41) is 3.20. The maximum atomic E-state index is 12.6. The van der Waals surface area contributed by atoms with Gasteiger partial charge >= 0.3 is 0 Å². The highest BCUT2D eigenvalue weighted by Crippen LogP contribution is 2.44. The van der Waals surface area contributed by atoms with Crippen molar-refractivity contribution >= 4 is 23.0 Å². The van der Waals surface area contributed by atoms with Gasteiger partial charge in [-0.25, -0.2) is 0 Å². The molecule has 1 N–H and O–H groups in total. The van der Waals surface area contributed by atoms with Gasteiger partial charge in [-0.05, 0) is 49.1 Å². The van der Waals surface area contributed by atoms with E-state index in [1.807, 2.05) is 26.8 Å². The Balaban J connectivity index is 2.11. The first-order valence-electron chi connectivity index (χ1n) is 8.56. The van der Waals surface area contributed by atoms with E-state index in [9.17, 15) is 4.79 Å². The lowest BCUT2D eigenvalue weighted by Crippen LogP contribution is -2.29. The number of aryl methyl sites for hydroxylation is 2. The second kappa shape index (κ2) is 5.97. The van der Waals surface area contributed by atoms with Gasteiger partial charge in [0, 0.05) is 17.6 Å². The van der Waals surface area contributed by atoms with E-state index >= 15 is 0 Å². The minimum absolute atomic E-state index is 0.0524. The summed E-state index contributed by atoms with van der Waals surface area (Å²) in [4.78, 5) is 14.9. The standard InChI is InChI=1S/C21H26N2O/c1-14-13-15(2)18(22-20(24)21(3,4)5)19-17(14)11-12-23(19)16-9-7-6-8-10-16/h6-10,13H,11-12H2,1-5H3,(H,22,24). The van der Waals surface area contributed by atoms with Crippen molar-refractivity contribution in [2.75, 3.05) is 16.8 Å². The molecule has 126 valence electrons. The highest BCUT2D eigenvalue weighted by molar-refractivity contribution is 6.00. The third-order valence-corrected chi connectivity index (χ3v) is 4.67. The minimum atomic E-state index is -0.416.